The molecule has 1 aromatic heterocycles. The normalized spacial score (nSPS) is 19.1. The van der Waals surface area contributed by atoms with Crippen LogP contribution >= 0.6 is 0 Å². The molecule has 0 aliphatic carbocycles. The van der Waals surface area contributed by atoms with E-state index < -0.39 is 0 Å². The van der Waals surface area contributed by atoms with Crippen LogP contribution in [0.2, 0.25) is 0 Å². The highest BCUT2D eigenvalue weighted by atomic mass is 16.5. The number of rotatable bonds is 2. The number of likely N-dealkylation sites (tertiary alicyclic amines) is 1. The quantitative estimate of drug-likeness (QED) is 0.550. The molecule has 1 fully saturated rings. The zero-order valence-electron chi connectivity index (χ0n) is 18.4. The summed E-state index contributed by atoms with van der Waals surface area (Å²) < 4.78 is 6.51. The van der Waals surface area contributed by atoms with Gasteiger partial charge in [-0.1, -0.05) is 26.8 Å². The fourth-order valence-corrected chi connectivity index (χ4v) is 4.73. The molecule has 3 heterocycles. The number of H-pyrrole nitrogens is 1. The van der Waals surface area contributed by atoms with Gasteiger partial charge in [-0.2, -0.15) is 0 Å². The Morgan fingerprint density at radius 2 is 1.83 bits per heavy atom. The highest BCUT2D eigenvalue weighted by Crippen LogP contribution is 2.42. The second-order valence-electron chi connectivity index (χ2n) is 10.4. The van der Waals surface area contributed by atoms with Crippen LogP contribution in [0.25, 0.3) is 27.9 Å². The van der Waals surface area contributed by atoms with Crippen molar-refractivity contribution in [3.8, 4) is 5.75 Å². The molecule has 0 amide bonds. The number of hydrogen-bond donors (Lipinski definition) is 1. The molecule has 1 N–H and O–H groups in total. The maximum absolute atomic E-state index is 6.51. The number of benzene rings is 2. The van der Waals surface area contributed by atoms with Crippen LogP contribution < -0.4 is 4.74 Å². The van der Waals surface area contributed by atoms with Gasteiger partial charge in [0.1, 0.15) is 11.4 Å². The summed E-state index contributed by atoms with van der Waals surface area (Å²) >= 11 is 0. The van der Waals surface area contributed by atoms with Crippen LogP contribution in [0, 0.1) is 0 Å². The van der Waals surface area contributed by atoms with Gasteiger partial charge in [-0.25, -0.2) is 0 Å². The summed E-state index contributed by atoms with van der Waals surface area (Å²) in [6.07, 6.45) is 7.05. The van der Waals surface area contributed by atoms with Gasteiger partial charge in [-0.3, -0.25) is 4.90 Å². The molecule has 2 aliphatic rings. The molecule has 152 valence electrons. The minimum absolute atomic E-state index is 0.136. The summed E-state index contributed by atoms with van der Waals surface area (Å²) in [4.78, 5) is 6.25. The lowest BCUT2D eigenvalue weighted by atomic mass is 9.86. The van der Waals surface area contributed by atoms with E-state index in [2.05, 4.69) is 80.9 Å². The molecule has 0 bridgehead atoms. The van der Waals surface area contributed by atoms with Crippen molar-refractivity contribution in [2.75, 3.05) is 13.1 Å². The Kier molecular flexibility index (Phi) is 4.12. The van der Waals surface area contributed by atoms with E-state index in [1.54, 1.807) is 0 Å². The van der Waals surface area contributed by atoms with E-state index in [1.165, 1.54) is 64.4 Å². The molecular weight excluding hydrogens is 356 g/mol. The Labute approximate surface area is 173 Å². The van der Waals surface area contributed by atoms with Crippen molar-refractivity contribution in [1.29, 1.82) is 0 Å². The predicted octanol–water partition coefficient (Wildman–Crippen LogP) is 6.40. The monoisotopic (exact) mass is 388 g/mol. The summed E-state index contributed by atoms with van der Waals surface area (Å²) in [6.45, 7) is 14.5. The largest absolute Gasteiger partial charge is 0.483 e. The number of nitrogens with zero attached hydrogens (tertiary/aromatic N) is 1. The second kappa shape index (κ2) is 6.37. The number of fused-ring (bicyclic) bond motifs is 5. The molecule has 1 saturated heterocycles. The highest BCUT2D eigenvalue weighted by Gasteiger charge is 2.28. The van der Waals surface area contributed by atoms with Gasteiger partial charge < -0.3 is 9.72 Å². The fraction of sp³-hybridized carbons (Fsp3) is 0.462. The van der Waals surface area contributed by atoms with Crippen LogP contribution in [0.3, 0.4) is 0 Å². The van der Waals surface area contributed by atoms with Crippen LogP contribution in [-0.2, 0) is 12.0 Å². The Hall–Kier alpha value is -2.26. The summed E-state index contributed by atoms with van der Waals surface area (Å²) in [7, 11) is 0. The third-order valence-electron chi connectivity index (χ3n) is 6.44. The third-order valence-corrected chi connectivity index (χ3v) is 6.44. The van der Waals surface area contributed by atoms with E-state index >= 15 is 0 Å². The molecule has 0 atom stereocenters. The molecule has 3 heteroatoms. The van der Waals surface area contributed by atoms with Gasteiger partial charge in [0, 0.05) is 34.0 Å². The first-order valence-corrected chi connectivity index (χ1v) is 10.9. The van der Waals surface area contributed by atoms with Crippen molar-refractivity contribution in [2.45, 2.75) is 65.0 Å². The SMILES string of the molecule is CC1(C)C=Cc2c(c(CN3CCCC3)cc3c2[nH]c2ccc(C(C)(C)C)cc23)O1. The van der Waals surface area contributed by atoms with Crippen LogP contribution in [0.1, 0.15) is 64.2 Å². The average Bonchev–Trinajstić information content (AvgIpc) is 3.27. The minimum Gasteiger partial charge on any atom is -0.483 e. The van der Waals surface area contributed by atoms with Crippen LogP contribution in [0.5, 0.6) is 5.75 Å². The lowest BCUT2D eigenvalue weighted by Gasteiger charge is -2.31. The predicted molar refractivity (Wildman–Crippen MR) is 123 cm³/mol. The van der Waals surface area contributed by atoms with E-state index in [9.17, 15) is 0 Å². The lowest BCUT2D eigenvalue weighted by Crippen LogP contribution is -2.29. The van der Waals surface area contributed by atoms with Gasteiger partial charge in [-0.15, -0.1) is 0 Å². The van der Waals surface area contributed by atoms with Gasteiger partial charge in [0.05, 0.1) is 5.52 Å². The molecular formula is C26H32N2O. The van der Waals surface area contributed by atoms with Crippen LogP contribution in [-0.4, -0.2) is 28.6 Å². The van der Waals surface area contributed by atoms with Crippen LogP contribution in [0.4, 0.5) is 0 Å². The minimum atomic E-state index is -0.272. The summed E-state index contributed by atoms with van der Waals surface area (Å²) in [6, 6.07) is 9.25. The number of aromatic amines is 1. The van der Waals surface area contributed by atoms with E-state index in [4.69, 9.17) is 4.74 Å². The molecule has 5 rings (SSSR count). The smallest absolute Gasteiger partial charge is 0.134 e. The third kappa shape index (κ3) is 3.26. The molecule has 0 saturated carbocycles. The molecule has 3 aromatic rings. The first-order chi connectivity index (χ1) is 13.7. The van der Waals surface area contributed by atoms with Crippen molar-refractivity contribution in [1.82, 2.24) is 9.88 Å². The molecule has 0 radical (unpaired) electrons. The van der Waals surface area contributed by atoms with E-state index in [1.807, 2.05) is 0 Å². The van der Waals surface area contributed by atoms with E-state index in [0.29, 0.717) is 0 Å². The van der Waals surface area contributed by atoms with Gasteiger partial charge in [0.15, 0.2) is 0 Å². The Morgan fingerprint density at radius 3 is 2.55 bits per heavy atom. The summed E-state index contributed by atoms with van der Waals surface area (Å²) in [5, 5.41) is 2.63. The standard InChI is InChI=1S/C26H32N2O/c1-25(2,3)18-8-9-22-20(15-18)21-14-17(16-28-12-6-7-13-28)24-19(23(21)27-22)10-11-26(4,5)29-24/h8-11,14-15,27H,6-7,12-13,16H2,1-5H3. The van der Waals surface area contributed by atoms with Crippen molar-refractivity contribution in [3.05, 3.63) is 47.0 Å². The van der Waals surface area contributed by atoms with E-state index in [-0.39, 0.29) is 11.0 Å². The maximum Gasteiger partial charge on any atom is 0.134 e. The fourth-order valence-electron chi connectivity index (χ4n) is 4.73. The van der Waals surface area contributed by atoms with Crippen molar-refractivity contribution >= 4 is 27.9 Å². The highest BCUT2D eigenvalue weighted by molar-refractivity contribution is 6.11. The van der Waals surface area contributed by atoms with E-state index in [0.717, 1.165) is 12.3 Å². The maximum atomic E-state index is 6.51. The lowest BCUT2D eigenvalue weighted by molar-refractivity contribution is 0.155. The van der Waals surface area contributed by atoms with Gasteiger partial charge in [0.25, 0.3) is 0 Å². The topological polar surface area (TPSA) is 28.3 Å². The summed E-state index contributed by atoms with van der Waals surface area (Å²) in [5.74, 6) is 1.06. The number of hydrogen-bond acceptors (Lipinski definition) is 2. The summed E-state index contributed by atoms with van der Waals surface area (Å²) in [5.41, 5.74) is 6.14. The van der Waals surface area contributed by atoms with Crippen molar-refractivity contribution in [3.63, 3.8) is 0 Å². The molecule has 0 spiro atoms. The van der Waals surface area contributed by atoms with Crippen molar-refractivity contribution in [2.24, 2.45) is 0 Å². The molecule has 2 aromatic carbocycles. The molecule has 3 nitrogen and oxygen atoms in total. The molecule has 2 aliphatic heterocycles. The van der Waals surface area contributed by atoms with Gasteiger partial charge in [0.2, 0.25) is 0 Å². The van der Waals surface area contributed by atoms with Crippen LogP contribution in [0.15, 0.2) is 30.3 Å². The number of ether oxygens (including phenoxy) is 1. The zero-order chi connectivity index (χ0) is 20.4. The molecule has 29 heavy (non-hydrogen) atoms. The first kappa shape index (κ1) is 18.7. The second-order valence-corrected chi connectivity index (χ2v) is 10.4. The molecule has 0 unspecified atom stereocenters. The number of aromatic nitrogens is 1. The number of nitrogens with one attached hydrogen (secondary N) is 1. The Bertz CT molecular complexity index is 1120. The van der Waals surface area contributed by atoms with Crippen molar-refractivity contribution < 1.29 is 4.74 Å². The van der Waals surface area contributed by atoms with Gasteiger partial charge >= 0.3 is 0 Å². The zero-order valence-corrected chi connectivity index (χ0v) is 18.4. The Balaban J connectivity index is 1.75. The first-order valence-electron chi connectivity index (χ1n) is 10.9. The Morgan fingerprint density at radius 1 is 1.07 bits per heavy atom. The average molecular weight is 389 g/mol. The van der Waals surface area contributed by atoms with Gasteiger partial charge in [-0.05, 0) is 81.1 Å².